The molecule has 30 heteroatoms. The van der Waals surface area contributed by atoms with Gasteiger partial charge in [-0.05, 0) is 18.8 Å². The summed E-state index contributed by atoms with van der Waals surface area (Å²) in [6, 6.07) is -0.119. The Labute approximate surface area is 267 Å². The van der Waals surface area contributed by atoms with Crippen LogP contribution in [-0.2, 0) is 44.1 Å². The summed E-state index contributed by atoms with van der Waals surface area (Å²) in [5, 5.41) is 4.01. The van der Waals surface area contributed by atoms with Crippen molar-refractivity contribution < 1.29 is 98.4 Å². The quantitative estimate of drug-likeness (QED) is 0.191. The van der Waals surface area contributed by atoms with Crippen molar-refractivity contribution in [2.45, 2.75) is 79.9 Å². The van der Waals surface area contributed by atoms with Gasteiger partial charge in [-0.3, -0.25) is 0 Å². The second-order valence-corrected chi connectivity index (χ2v) is 16.1. The molecule has 1 aliphatic rings. The van der Waals surface area contributed by atoms with E-state index in [1.54, 1.807) is 13.8 Å². The first kappa shape index (κ1) is 42.3. The molecule has 14 nitrogen and oxygen atoms in total. The van der Waals surface area contributed by atoms with Crippen LogP contribution >= 0.6 is 0 Å². The van der Waals surface area contributed by atoms with Crippen LogP contribution in [0.3, 0.4) is 0 Å². The molecule has 0 N–H and O–H groups in total. The predicted octanol–water partition coefficient (Wildman–Crippen LogP) is 5.22. The van der Waals surface area contributed by atoms with Gasteiger partial charge in [-0.1, -0.05) is 33.1 Å². The van der Waals surface area contributed by atoms with Gasteiger partial charge in [0.1, 0.15) is 0 Å². The van der Waals surface area contributed by atoms with E-state index in [-0.39, 0.29) is 28.8 Å². The third-order valence-electron chi connectivity index (χ3n) is 5.80. The highest BCUT2D eigenvalue weighted by molar-refractivity contribution is 8.00. The topological polar surface area (TPSA) is 195 Å². The summed E-state index contributed by atoms with van der Waals surface area (Å²) in [6.45, 7) is 3.18. The average molecular weight is 822 g/mol. The zero-order valence-electron chi connectivity index (χ0n) is 23.8. The highest BCUT2D eigenvalue weighted by atomic mass is 32.3. The maximum atomic E-state index is 13.0. The third-order valence-corrected chi connectivity index (χ3v) is 10.3. The number of hydrogen-bond acceptors (Lipinski definition) is 13. The smallest absolute Gasteiger partial charge is 0.375 e. The molecular formula is C19H19F12N3O11S4. The maximum Gasteiger partial charge on any atom is 0.534 e. The Morgan fingerprint density at radius 1 is 0.673 bits per heavy atom. The molecule has 1 saturated carbocycles. The van der Waals surface area contributed by atoms with Gasteiger partial charge in [0.05, 0.1) is 17.1 Å². The fourth-order valence-corrected chi connectivity index (χ4v) is 6.15. The van der Waals surface area contributed by atoms with E-state index < -0.39 is 80.1 Å². The van der Waals surface area contributed by atoms with E-state index in [0.717, 1.165) is 19.3 Å². The molecule has 1 fully saturated rings. The number of hydrogen-bond donors (Lipinski definition) is 0. The number of nitrogens with zero attached hydrogens (tertiary/aromatic N) is 3. The Hall–Kier alpha value is -2.86. The normalized spacial score (nSPS) is 16.4. The fraction of sp³-hybridized carbons (Fsp3) is 0.684. The maximum absolute atomic E-state index is 13.0. The first-order chi connectivity index (χ1) is 21.7. The molecule has 0 aliphatic heterocycles. The van der Waals surface area contributed by atoms with Crippen molar-refractivity contribution in [1.82, 2.24) is 14.8 Å². The number of fused-ring (bicyclic) bond motifs is 1. The Kier molecular flexibility index (Phi) is 11.8. The third kappa shape index (κ3) is 9.68. The zero-order valence-corrected chi connectivity index (χ0v) is 27.0. The average Bonchev–Trinajstić information content (AvgIpc) is 3.26. The lowest BCUT2D eigenvalue weighted by atomic mass is 9.96. The van der Waals surface area contributed by atoms with Crippen LogP contribution < -0.4 is 8.37 Å². The molecule has 0 amide bonds. The van der Waals surface area contributed by atoms with Crippen LogP contribution in [0.1, 0.15) is 63.6 Å². The molecule has 3 rings (SSSR count). The standard InChI is InChI=1S/C17H19F6N3O6S2.C2F6O5S2/c1-9(2)14-13-11(31-33(27,28)16(18,19)20)8-12(32-34(29,30)17(21,22)23)24-15(13)26(25-14)10-6-4-3-5-7-10;3-1(4,5)14(9,10)13-15(11,12)2(6,7)8/h8-10H,3-7H2,1-2H3;. The minimum Gasteiger partial charge on any atom is -0.375 e. The van der Waals surface area contributed by atoms with Crippen LogP contribution in [0.5, 0.6) is 11.6 Å². The molecule has 2 aromatic rings. The second-order valence-electron chi connectivity index (χ2n) is 9.77. The predicted molar refractivity (Wildman–Crippen MR) is 136 cm³/mol. The van der Waals surface area contributed by atoms with Gasteiger partial charge in [-0.2, -0.15) is 96.4 Å². The lowest BCUT2D eigenvalue weighted by Gasteiger charge is -2.22. The van der Waals surface area contributed by atoms with Crippen LogP contribution in [0.4, 0.5) is 52.7 Å². The van der Waals surface area contributed by atoms with Crippen molar-refractivity contribution in [3.63, 3.8) is 0 Å². The molecule has 0 atom stereocenters. The highest BCUT2D eigenvalue weighted by Crippen LogP contribution is 2.41. The molecule has 0 aromatic carbocycles. The highest BCUT2D eigenvalue weighted by Gasteiger charge is 2.57. The molecule has 0 radical (unpaired) electrons. The zero-order chi connectivity index (χ0) is 38.4. The van der Waals surface area contributed by atoms with Crippen molar-refractivity contribution >= 4 is 51.5 Å². The van der Waals surface area contributed by atoms with Gasteiger partial charge >= 0.3 is 62.5 Å². The lowest BCUT2D eigenvalue weighted by Crippen LogP contribution is -2.34. The molecule has 0 bridgehead atoms. The molecule has 284 valence electrons. The van der Waals surface area contributed by atoms with E-state index >= 15 is 0 Å². The van der Waals surface area contributed by atoms with Gasteiger partial charge in [0.15, 0.2) is 11.4 Å². The van der Waals surface area contributed by atoms with Crippen molar-refractivity contribution in [3.8, 4) is 11.6 Å². The molecule has 0 spiro atoms. The summed E-state index contributed by atoms with van der Waals surface area (Å²) in [6.07, 6.45) is 3.52. The number of pyridine rings is 1. The molecule has 49 heavy (non-hydrogen) atoms. The van der Waals surface area contributed by atoms with Gasteiger partial charge in [0.2, 0.25) is 5.88 Å². The van der Waals surface area contributed by atoms with Gasteiger partial charge in [0.25, 0.3) is 0 Å². The van der Waals surface area contributed by atoms with Gasteiger partial charge < -0.3 is 8.37 Å². The van der Waals surface area contributed by atoms with E-state index in [0.29, 0.717) is 12.8 Å². The van der Waals surface area contributed by atoms with Gasteiger partial charge in [-0.25, -0.2) is 4.68 Å². The second kappa shape index (κ2) is 13.7. The summed E-state index contributed by atoms with van der Waals surface area (Å²) >= 11 is 0. The van der Waals surface area contributed by atoms with Crippen molar-refractivity contribution in [2.24, 2.45) is 0 Å². The van der Waals surface area contributed by atoms with Crippen LogP contribution in [0, 0.1) is 0 Å². The lowest BCUT2D eigenvalue weighted by molar-refractivity contribution is -0.0586. The first-order valence-corrected chi connectivity index (χ1v) is 18.1. The Bertz CT molecular complexity index is 1920. The van der Waals surface area contributed by atoms with Crippen molar-refractivity contribution in [1.29, 1.82) is 0 Å². The molecule has 1 aliphatic carbocycles. The van der Waals surface area contributed by atoms with E-state index in [1.165, 1.54) is 4.68 Å². The number of aromatic nitrogens is 3. The fourth-order valence-electron chi connectivity index (χ4n) is 3.72. The Morgan fingerprint density at radius 3 is 1.47 bits per heavy atom. The molecule has 0 unspecified atom stereocenters. The summed E-state index contributed by atoms with van der Waals surface area (Å²) in [4.78, 5) is 3.75. The first-order valence-electron chi connectivity index (χ1n) is 12.4. The van der Waals surface area contributed by atoms with Crippen molar-refractivity contribution in [2.75, 3.05) is 0 Å². The number of alkyl halides is 12. The van der Waals surface area contributed by atoms with E-state index in [9.17, 15) is 86.4 Å². The molecular weight excluding hydrogens is 802 g/mol. The Balaban J connectivity index is 0.000000469. The summed E-state index contributed by atoms with van der Waals surface area (Å²) < 4.78 is 243. The number of halogens is 12. The minimum absolute atomic E-state index is 0.0608. The summed E-state index contributed by atoms with van der Waals surface area (Å²) in [5.74, 6) is -2.94. The van der Waals surface area contributed by atoms with Crippen LogP contribution in [0.2, 0.25) is 0 Å². The molecule has 2 aromatic heterocycles. The van der Waals surface area contributed by atoms with Crippen LogP contribution in [-0.4, -0.2) is 70.5 Å². The van der Waals surface area contributed by atoms with Gasteiger partial charge in [-0.15, -0.1) is 3.63 Å². The largest absolute Gasteiger partial charge is 0.534 e. The van der Waals surface area contributed by atoms with E-state index in [2.05, 4.69) is 18.4 Å². The minimum atomic E-state index is -6.85. The summed E-state index contributed by atoms with van der Waals surface area (Å²) in [5.41, 5.74) is -24.6. The van der Waals surface area contributed by atoms with Crippen molar-refractivity contribution in [3.05, 3.63) is 11.8 Å². The SMILES string of the molecule is CC(C)c1nn(C2CCCCC2)c2nc(OS(=O)(=O)C(F)(F)F)cc(OS(=O)(=O)C(F)(F)F)c12.O=S(=O)(OS(=O)(=O)C(F)(F)F)C(F)(F)F. The number of rotatable bonds is 8. The Morgan fingerprint density at radius 2 is 1.08 bits per heavy atom. The molecule has 0 saturated heterocycles. The van der Waals surface area contributed by atoms with E-state index in [4.69, 9.17) is 0 Å². The molecule has 2 heterocycles. The monoisotopic (exact) mass is 821 g/mol. The van der Waals surface area contributed by atoms with E-state index in [1.807, 2.05) is 3.63 Å². The van der Waals surface area contributed by atoms with Gasteiger partial charge in [0, 0.05) is 6.07 Å². The van der Waals surface area contributed by atoms with Crippen LogP contribution in [0.15, 0.2) is 6.07 Å². The van der Waals surface area contributed by atoms with Crippen LogP contribution in [0.25, 0.3) is 11.0 Å². The summed E-state index contributed by atoms with van der Waals surface area (Å²) in [7, 11) is -26.2.